The van der Waals surface area contributed by atoms with Crippen LogP contribution < -0.4 is 4.74 Å². The molecule has 0 heterocycles. The number of hydrogen-bond donors (Lipinski definition) is 0. The van der Waals surface area contributed by atoms with E-state index in [2.05, 4.69) is 13.8 Å². The molecular formula is C22H31Cl3O4. The van der Waals surface area contributed by atoms with Gasteiger partial charge in [-0.25, -0.2) is 0 Å². The molecule has 0 saturated carbocycles. The van der Waals surface area contributed by atoms with E-state index in [1.807, 2.05) is 0 Å². The molecule has 0 unspecified atom stereocenters. The summed E-state index contributed by atoms with van der Waals surface area (Å²) in [4.78, 5) is 23.5. The first-order valence-corrected chi connectivity index (χ1v) is 11.4. The van der Waals surface area contributed by atoms with E-state index in [9.17, 15) is 9.59 Å². The van der Waals surface area contributed by atoms with Gasteiger partial charge in [0.25, 0.3) is 0 Å². The van der Waals surface area contributed by atoms with Crippen molar-refractivity contribution >= 4 is 46.7 Å². The van der Waals surface area contributed by atoms with E-state index in [1.54, 1.807) is 0 Å². The number of hydrogen-bond acceptors (Lipinski definition) is 4. The van der Waals surface area contributed by atoms with Crippen LogP contribution in [0.25, 0.3) is 0 Å². The molecular weight excluding hydrogens is 435 g/mol. The highest BCUT2D eigenvalue weighted by molar-refractivity contribution is 6.44. The van der Waals surface area contributed by atoms with E-state index < -0.39 is 0 Å². The van der Waals surface area contributed by atoms with Crippen molar-refractivity contribution in [3.63, 3.8) is 0 Å². The number of halogens is 3. The van der Waals surface area contributed by atoms with Crippen LogP contribution in [-0.4, -0.2) is 18.5 Å². The number of ether oxygens (including phenoxy) is 2. The highest BCUT2D eigenvalue weighted by Crippen LogP contribution is 2.35. The molecule has 4 nitrogen and oxygen atoms in total. The quantitative estimate of drug-likeness (QED) is 0.122. The number of unbranched alkanes of at least 4 members (excludes halogenated alkanes) is 5. The Morgan fingerprint density at radius 2 is 1.45 bits per heavy atom. The van der Waals surface area contributed by atoms with Crippen molar-refractivity contribution in [2.45, 2.75) is 78.1 Å². The van der Waals surface area contributed by atoms with E-state index in [4.69, 9.17) is 44.3 Å². The highest BCUT2D eigenvalue weighted by atomic mass is 35.5. The second kappa shape index (κ2) is 14.9. The standard InChI is InChI=1S/C22H31Cl3O4/c1-16(2)10-9-13-28-20(26)11-7-5-3-4-6-8-12-21(27)29-19-15-17(23)14-18(24)22(19)25/h14-16H,3-13H2,1-2H3. The lowest BCUT2D eigenvalue weighted by atomic mass is 10.1. The molecule has 0 spiro atoms. The Morgan fingerprint density at radius 3 is 2.07 bits per heavy atom. The molecule has 1 aromatic rings. The van der Waals surface area contributed by atoms with E-state index in [1.165, 1.54) is 12.1 Å². The van der Waals surface area contributed by atoms with Crippen LogP contribution in [-0.2, 0) is 14.3 Å². The third kappa shape index (κ3) is 12.3. The lowest BCUT2D eigenvalue weighted by Crippen LogP contribution is -2.08. The van der Waals surface area contributed by atoms with Gasteiger partial charge in [0.05, 0.1) is 11.6 Å². The van der Waals surface area contributed by atoms with Crippen LogP contribution in [0, 0.1) is 5.92 Å². The van der Waals surface area contributed by atoms with Gasteiger partial charge in [0, 0.05) is 23.9 Å². The Balaban J connectivity index is 2.03. The molecule has 0 aliphatic heterocycles. The second-order valence-electron chi connectivity index (χ2n) is 7.55. The first-order valence-electron chi connectivity index (χ1n) is 10.3. The molecule has 0 aliphatic carbocycles. The van der Waals surface area contributed by atoms with Gasteiger partial charge in [0.15, 0.2) is 5.75 Å². The fraction of sp³-hybridized carbons (Fsp3) is 0.636. The molecule has 0 bridgehead atoms. The maximum Gasteiger partial charge on any atom is 0.311 e. The van der Waals surface area contributed by atoms with Gasteiger partial charge in [0.2, 0.25) is 0 Å². The Hall–Kier alpha value is -0.970. The Morgan fingerprint density at radius 1 is 0.862 bits per heavy atom. The summed E-state index contributed by atoms with van der Waals surface area (Å²) in [5.74, 6) is 0.371. The molecule has 0 aromatic heterocycles. The molecule has 29 heavy (non-hydrogen) atoms. The first-order chi connectivity index (χ1) is 13.8. The Kier molecular flexibility index (Phi) is 13.4. The van der Waals surface area contributed by atoms with Gasteiger partial charge < -0.3 is 9.47 Å². The van der Waals surface area contributed by atoms with E-state index in [0.29, 0.717) is 30.4 Å². The summed E-state index contributed by atoms with van der Waals surface area (Å²) in [5, 5.41) is 0.797. The summed E-state index contributed by atoms with van der Waals surface area (Å²) in [6.07, 6.45) is 8.36. The summed E-state index contributed by atoms with van der Waals surface area (Å²) in [7, 11) is 0. The molecule has 0 saturated heterocycles. The molecule has 0 amide bonds. The Bertz CT molecular complexity index is 647. The van der Waals surface area contributed by atoms with Crippen molar-refractivity contribution < 1.29 is 19.1 Å². The van der Waals surface area contributed by atoms with Gasteiger partial charge in [-0.1, -0.05) is 74.3 Å². The van der Waals surface area contributed by atoms with Gasteiger partial charge >= 0.3 is 11.9 Å². The zero-order chi connectivity index (χ0) is 21.6. The lowest BCUT2D eigenvalue weighted by Gasteiger charge is -2.08. The largest absolute Gasteiger partial charge is 0.466 e. The van der Waals surface area contributed by atoms with Gasteiger partial charge in [-0.15, -0.1) is 0 Å². The molecule has 0 fully saturated rings. The zero-order valence-corrected chi connectivity index (χ0v) is 19.5. The Labute approximate surface area is 189 Å². The van der Waals surface area contributed by atoms with Crippen LogP contribution in [0.3, 0.4) is 0 Å². The summed E-state index contributed by atoms with van der Waals surface area (Å²) in [6.45, 7) is 4.85. The first kappa shape index (κ1) is 26.1. The van der Waals surface area contributed by atoms with Crippen LogP contribution in [0.4, 0.5) is 0 Å². The fourth-order valence-corrected chi connectivity index (χ4v) is 3.40. The number of esters is 2. The zero-order valence-electron chi connectivity index (χ0n) is 17.3. The fourth-order valence-electron chi connectivity index (χ4n) is 2.78. The predicted octanol–water partition coefficient (Wildman–Crippen LogP) is 7.65. The monoisotopic (exact) mass is 464 g/mol. The highest BCUT2D eigenvalue weighted by Gasteiger charge is 2.12. The SMILES string of the molecule is CC(C)CCCOC(=O)CCCCCCCCC(=O)Oc1cc(Cl)cc(Cl)c1Cl. The van der Waals surface area contributed by atoms with Crippen LogP contribution in [0.15, 0.2) is 12.1 Å². The average Bonchev–Trinajstić information content (AvgIpc) is 2.64. The maximum atomic E-state index is 11.9. The van der Waals surface area contributed by atoms with Crippen LogP contribution >= 0.6 is 34.8 Å². The number of benzene rings is 1. The molecule has 0 radical (unpaired) electrons. The summed E-state index contributed by atoms with van der Waals surface area (Å²) < 4.78 is 10.5. The van der Waals surface area contributed by atoms with E-state index in [-0.39, 0.29) is 27.7 Å². The van der Waals surface area contributed by atoms with Crippen molar-refractivity contribution in [2.75, 3.05) is 6.61 Å². The summed E-state index contributed by atoms with van der Waals surface area (Å²) in [6, 6.07) is 2.97. The third-order valence-electron chi connectivity index (χ3n) is 4.38. The normalized spacial score (nSPS) is 11.0. The minimum Gasteiger partial charge on any atom is -0.466 e. The van der Waals surface area contributed by atoms with Gasteiger partial charge in [0.1, 0.15) is 5.02 Å². The maximum absolute atomic E-state index is 11.9. The number of rotatable bonds is 14. The van der Waals surface area contributed by atoms with Crippen molar-refractivity contribution in [2.24, 2.45) is 5.92 Å². The molecule has 7 heteroatoms. The molecule has 0 atom stereocenters. The van der Waals surface area contributed by atoms with Crippen LogP contribution in [0.1, 0.15) is 78.1 Å². The van der Waals surface area contributed by atoms with Crippen molar-refractivity contribution in [3.05, 3.63) is 27.2 Å². The van der Waals surface area contributed by atoms with E-state index >= 15 is 0 Å². The van der Waals surface area contributed by atoms with Crippen molar-refractivity contribution in [3.8, 4) is 5.75 Å². The van der Waals surface area contributed by atoms with Crippen molar-refractivity contribution in [1.29, 1.82) is 0 Å². The number of carbonyl (C=O) groups is 2. The van der Waals surface area contributed by atoms with Gasteiger partial charge in [-0.05, 0) is 37.7 Å². The smallest absolute Gasteiger partial charge is 0.311 e. The molecule has 1 aromatic carbocycles. The molecule has 1 rings (SSSR count). The minimum atomic E-state index is -0.356. The predicted molar refractivity (Wildman–Crippen MR) is 119 cm³/mol. The third-order valence-corrected chi connectivity index (χ3v) is 5.39. The van der Waals surface area contributed by atoms with Crippen LogP contribution in [0.2, 0.25) is 15.1 Å². The lowest BCUT2D eigenvalue weighted by molar-refractivity contribution is -0.144. The molecule has 164 valence electrons. The van der Waals surface area contributed by atoms with E-state index in [0.717, 1.165) is 51.4 Å². The van der Waals surface area contributed by atoms with Crippen LogP contribution in [0.5, 0.6) is 5.75 Å². The molecule has 0 aliphatic rings. The molecule has 0 N–H and O–H groups in total. The second-order valence-corrected chi connectivity index (χ2v) is 8.77. The summed E-state index contributed by atoms with van der Waals surface area (Å²) >= 11 is 17.8. The summed E-state index contributed by atoms with van der Waals surface area (Å²) in [5.41, 5.74) is 0. The average molecular weight is 466 g/mol. The minimum absolute atomic E-state index is 0.101. The van der Waals surface area contributed by atoms with Gasteiger partial charge in [-0.2, -0.15) is 0 Å². The van der Waals surface area contributed by atoms with Crippen molar-refractivity contribution in [1.82, 2.24) is 0 Å². The van der Waals surface area contributed by atoms with Gasteiger partial charge in [-0.3, -0.25) is 9.59 Å². The topological polar surface area (TPSA) is 52.6 Å². The number of carbonyl (C=O) groups excluding carboxylic acids is 2.